The van der Waals surface area contributed by atoms with Gasteiger partial charge in [0.05, 0.1) is 0 Å². The number of H-pyrrole nitrogens is 2. The van der Waals surface area contributed by atoms with Gasteiger partial charge in [-0.2, -0.15) is 0 Å². The summed E-state index contributed by atoms with van der Waals surface area (Å²) in [6.45, 7) is 2.00. The van der Waals surface area contributed by atoms with Crippen molar-refractivity contribution in [2.45, 2.75) is 6.42 Å². The molecule has 82 valence electrons. The van der Waals surface area contributed by atoms with Gasteiger partial charge in [-0.05, 0) is 18.9 Å². The molecule has 1 aliphatic rings. The number of rotatable bonds is 2. The summed E-state index contributed by atoms with van der Waals surface area (Å²) in [5, 5.41) is 0. The standard InChI is InChI=1S/C9H14N4O2/c10-3-6-1-2-13(5-6)8(14)7-4-11-9(15)12-7/h4,6H,1-3,5,10H2,(H2,11,12,15). The van der Waals surface area contributed by atoms with Crippen LogP contribution in [0.4, 0.5) is 0 Å². The van der Waals surface area contributed by atoms with Crippen molar-refractivity contribution in [3.8, 4) is 0 Å². The van der Waals surface area contributed by atoms with Crippen LogP contribution in [0.15, 0.2) is 11.0 Å². The molecule has 0 saturated carbocycles. The van der Waals surface area contributed by atoms with Crippen molar-refractivity contribution in [3.05, 3.63) is 22.4 Å². The van der Waals surface area contributed by atoms with Gasteiger partial charge in [-0.15, -0.1) is 0 Å². The lowest BCUT2D eigenvalue weighted by Crippen LogP contribution is -2.30. The second-order valence-electron chi connectivity index (χ2n) is 3.80. The lowest BCUT2D eigenvalue weighted by molar-refractivity contribution is 0.0782. The highest BCUT2D eigenvalue weighted by atomic mass is 16.2. The molecule has 0 spiro atoms. The van der Waals surface area contributed by atoms with Crippen molar-refractivity contribution in [2.75, 3.05) is 19.6 Å². The van der Waals surface area contributed by atoms with E-state index in [9.17, 15) is 9.59 Å². The van der Waals surface area contributed by atoms with E-state index in [1.807, 2.05) is 0 Å². The van der Waals surface area contributed by atoms with Crippen LogP contribution in [0.2, 0.25) is 0 Å². The van der Waals surface area contributed by atoms with Gasteiger partial charge in [0.15, 0.2) is 0 Å². The summed E-state index contributed by atoms with van der Waals surface area (Å²) in [7, 11) is 0. The Hall–Kier alpha value is -1.56. The van der Waals surface area contributed by atoms with Crippen LogP contribution in [0.1, 0.15) is 16.9 Å². The van der Waals surface area contributed by atoms with Crippen LogP contribution in [-0.2, 0) is 0 Å². The fraction of sp³-hybridized carbons (Fsp3) is 0.556. The van der Waals surface area contributed by atoms with Crippen molar-refractivity contribution in [3.63, 3.8) is 0 Å². The second-order valence-corrected chi connectivity index (χ2v) is 3.80. The minimum atomic E-state index is -0.354. The number of nitrogens with one attached hydrogen (secondary N) is 2. The van der Waals surface area contributed by atoms with Gasteiger partial charge in [0.1, 0.15) is 5.69 Å². The molecule has 1 aromatic heterocycles. The molecule has 6 nitrogen and oxygen atoms in total. The highest BCUT2D eigenvalue weighted by molar-refractivity contribution is 5.92. The summed E-state index contributed by atoms with van der Waals surface area (Å²) < 4.78 is 0. The smallest absolute Gasteiger partial charge is 0.323 e. The maximum Gasteiger partial charge on any atom is 0.323 e. The first-order valence-corrected chi connectivity index (χ1v) is 4.97. The highest BCUT2D eigenvalue weighted by Crippen LogP contribution is 2.16. The van der Waals surface area contributed by atoms with Crippen LogP contribution in [0.25, 0.3) is 0 Å². The largest absolute Gasteiger partial charge is 0.337 e. The van der Waals surface area contributed by atoms with Gasteiger partial charge in [-0.1, -0.05) is 0 Å². The quantitative estimate of drug-likeness (QED) is 0.591. The van der Waals surface area contributed by atoms with E-state index < -0.39 is 0 Å². The Balaban J connectivity index is 2.06. The van der Waals surface area contributed by atoms with Gasteiger partial charge in [-0.3, -0.25) is 4.79 Å². The van der Waals surface area contributed by atoms with Crippen LogP contribution in [0.3, 0.4) is 0 Å². The van der Waals surface area contributed by atoms with Gasteiger partial charge in [0, 0.05) is 19.3 Å². The summed E-state index contributed by atoms with van der Waals surface area (Å²) in [5.74, 6) is 0.254. The van der Waals surface area contributed by atoms with Crippen LogP contribution in [0, 0.1) is 5.92 Å². The number of hydrogen-bond donors (Lipinski definition) is 3. The minimum Gasteiger partial charge on any atom is -0.337 e. The molecule has 2 rings (SSSR count). The molecule has 6 heteroatoms. The first-order valence-electron chi connectivity index (χ1n) is 4.97. The van der Waals surface area contributed by atoms with Crippen molar-refractivity contribution in [1.82, 2.24) is 14.9 Å². The Morgan fingerprint density at radius 3 is 3.00 bits per heavy atom. The van der Waals surface area contributed by atoms with Crippen molar-refractivity contribution >= 4 is 5.91 Å². The number of nitrogens with zero attached hydrogens (tertiary/aromatic N) is 1. The van der Waals surface area contributed by atoms with E-state index in [4.69, 9.17) is 5.73 Å². The van der Waals surface area contributed by atoms with E-state index in [-0.39, 0.29) is 11.6 Å². The number of aromatic amines is 2. The van der Waals surface area contributed by atoms with Crippen LogP contribution >= 0.6 is 0 Å². The molecule has 1 aliphatic heterocycles. The number of aromatic nitrogens is 2. The van der Waals surface area contributed by atoms with E-state index in [0.29, 0.717) is 31.2 Å². The van der Waals surface area contributed by atoms with Crippen LogP contribution in [-0.4, -0.2) is 40.4 Å². The molecule has 1 fully saturated rings. The van der Waals surface area contributed by atoms with Gasteiger partial charge in [0.2, 0.25) is 0 Å². The third kappa shape index (κ3) is 1.94. The Bertz CT molecular complexity index is 408. The zero-order valence-corrected chi connectivity index (χ0v) is 8.32. The van der Waals surface area contributed by atoms with E-state index in [1.54, 1.807) is 4.90 Å². The summed E-state index contributed by atoms with van der Waals surface area (Å²) in [6.07, 6.45) is 2.34. The molecule has 0 aromatic carbocycles. The Kier molecular flexibility index (Phi) is 2.59. The number of carbonyl (C=O) groups is 1. The Labute approximate surface area is 86.5 Å². The van der Waals surface area contributed by atoms with Crippen molar-refractivity contribution in [2.24, 2.45) is 11.7 Å². The van der Waals surface area contributed by atoms with E-state index in [0.717, 1.165) is 6.42 Å². The van der Waals surface area contributed by atoms with Gasteiger partial charge >= 0.3 is 5.69 Å². The van der Waals surface area contributed by atoms with E-state index in [1.165, 1.54) is 6.20 Å². The molecule has 2 heterocycles. The van der Waals surface area contributed by atoms with Gasteiger partial charge in [0.25, 0.3) is 5.91 Å². The third-order valence-corrected chi connectivity index (χ3v) is 2.73. The maximum absolute atomic E-state index is 11.8. The average molecular weight is 210 g/mol. The zero-order valence-electron chi connectivity index (χ0n) is 8.32. The molecule has 4 N–H and O–H groups in total. The fourth-order valence-electron chi connectivity index (χ4n) is 1.83. The maximum atomic E-state index is 11.8. The first-order chi connectivity index (χ1) is 7.20. The second kappa shape index (κ2) is 3.90. The summed E-state index contributed by atoms with van der Waals surface area (Å²) in [4.78, 5) is 29.2. The molecule has 15 heavy (non-hydrogen) atoms. The number of nitrogens with two attached hydrogens (primary N) is 1. The number of amides is 1. The van der Waals surface area contributed by atoms with Crippen LogP contribution < -0.4 is 11.4 Å². The molecule has 1 unspecified atom stereocenters. The van der Waals surface area contributed by atoms with Crippen molar-refractivity contribution in [1.29, 1.82) is 0 Å². The molecule has 1 amide bonds. The highest BCUT2D eigenvalue weighted by Gasteiger charge is 2.26. The number of hydrogen-bond acceptors (Lipinski definition) is 3. The Morgan fingerprint density at radius 1 is 1.67 bits per heavy atom. The Morgan fingerprint density at radius 2 is 2.47 bits per heavy atom. The fourth-order valence-corrected chi connectivity index (χ4v) is 1.83. The van der Waals surface area contributed by atoms with Gasteiger partial charge < -0.3 is 20.6 Å². The molecular weight excluding hydrogens is 196 g/mol. The predicted octanol–water partition coefficient (Wildman–Crippen LogP) is -0.876. The minimum absolute atomic E-state index is 0.135. The molecule has 0 radical (unpaired) electrons. The van der Waals surface area contributed by atoms with Crippen LogP contribution in [0.5, 0.6) is 0 Å². The predicted molar refractivity (Wildman–Crippen MR) is 54.5 cm³/mol. The average Bonchev–Trinajstić information content (AvgIpc) is 2.84. The molecule has 0 bridgehead atoms. The topological polar surface area (TPSA) is 95.0 Å². The SMILES string of the molecule is NCC1CCN(C(=O)c2c[nH]c(=O)[nH]2)C1. The lowest BCUT2D eigenvalue weighted by atomic mass is 10.1. The van der Waals surface area contributed by atoms with Gasteiger partial charge in [-0.25, -0.2) is 4.79 Å². The molecular formula is C9H14N4O2. The molecule has 1 atom stereocenters. The first kappa shape index (κ1) is 9.97. The van der Waals surface area contributed by atoms with E-state index >= 15 is 0 Å². The summed E-state index contributed by atoms with van der Waals surface area (Å²) >= 11 is 0. The molecule has 1 saturated heterocycles. The normalized spacial score (nSPS) is 20.9. The molecule has 1 aromatic rings. The number of carbonyl (C=O) groups excluding carboxylic acids is 1. The summed E-state index contributed by atoms with van der Waals surface area (Å²) in [6, 6.07) is 0. The summed E-state index contributed by atoms with van der Waals surface area (Å²) in [5.41, 5.74) is 5.50. The third-order valence-electron chi connectivity index (χ3n) is 2.73. The zero-order chi connectivity index (χ0) is 10.8. The molecule has 0 aliphatic carbocycles. The lowest BCUT2D eigenvalue weighted by Gasteiger charge is -2.14. The monoisotopic (exact) mass is 210 g/mol. The number of likely N-dealkylation sites (tertiary alicyclic amines) is 1. The van der Waals surface area contributed by atoms with E-state index in [2.05, 4.69) is 9.97 Å². The van der Waals surface area contributed by atoms with Crippen molar-refractivity contribution < 1.29 is 4.79 Å². The number of imidazole rings is 1.